The van der Waals surface area contributed by atoms with Gasteiger partial charge in [0.2, 0.25) is 5.91 Å². The maximum atomic E-state index is 10.4. The summed E-state index contributed by atoms with van der Waals surface area (Å²) in [6, 6.07) is -3.06. The number of carbonyl (C=O) groups is 2. The highest BCUT2D eigenvalue weighted by Gasteiger charge is 2.13. The Morgan fingerprint density at radius 2 is 2.20 bits per heavy atom. The van der Waals surface area contributed by atoms with Crippen LogP contribution in [-0.2, 0) is 9.59 Å². The molecule has 0 aliphatic heterocycles. The first-order chi connectivity index (χ1) is 5.14. The van der Waals surface area contributed by atoms with Gasteiger partial charge in [-0.3, -0.25) is 9.59 Å². The molecule has 1 amide bonds. The van der Waals surface area contributed by atoms with Crippen LogP contribution in [0.1, 0.15) is 10.5 Å². The Morgan fingerprint density at radius 3 is 2.30 bits per heavy atom. The van der Waals surface area contributed by atoms with Crippen LogP contribution in [0, 0.1) is 0 Å². The second-order valence-corrected chi connectivity index (χ2v) is 1.21. The zero-order chi connectivity index (χ0) is 10.2. The number of carbonyl (C=O) groups excluding carboxylic acids is 1. The Morgan fingerprint density at radius 1 is 1.80 bits per heavy atom. The maximum absolute atomic E-state index is 10.4. The number of carboxylic acid groups (broad SMARTS) is 1. The number of carboxylic acids is 1. The van der Waals surface area contributed by atoms with Crippen molar-refractivity contribution in [1.29, 1.82) is 0 Å². The van der Waals surface area contributed by atoms with Gasteiger partial charge in [0.05, 0.1) is 7.74 Å². The molecule has 0 fully saturated rings. The number of nitrogens with two attached hydrogens (primary N) is 2. The van der Waals surface area contributed by atoms with Crippen molar-refractivity contribution in [3.8, 4) is 0 Å². The van der Waals surface area contributed by atoms with Gasteiger partial charge in [-0.2, -0.15) is 0 Å². The van der Waals surface area contributed by atoms with Crippen LogP contribution in [0.15, 0.2) is 0 Å². The molecule has 0 unspecified atom stereocenters. The third kappa shape index (κ3) is 5.01. The van der Waals surface area contributed by atoms with E-state index >= 15 is 0 Å². The van der Waals surface area contributed by atoms with Crippen LogP contribution in [0.3, 0.4) is 0 Å². The molecule has 0 heterocycles. The van der Waals surface area contributed by atoms with Crippen LogP contribution in [-0.4, -0.2) is 28.5 Å². The van der Waals surface area contributed by atoms with Gasteiger partial charge in [-0.25, -0.2) is 0 Å². The van der Waals surface area contributed by atoms with Gasteiger partial charge in [-0.15, -0.1) is 0 Å². The van der Waals surface area contributed by atoms with Gasteiger partial charge >= 0.3 is 5.97 Å². The van der Waals surface area contributed by atoms with Gasteiger partial charge in [0.25, 0.3) is 0 Å². The zero-order valence-corrected chi connectivity index (χ0v) is 4.92. The Labute approximate surface area is 61.3 Å². The summed E-state index contributed by atoms with van der Waals surface area (Å²) >= 11 is 0. The largest absolute Gasteiger partial charge is 0.480 e. The van der Waals surface area contributed by atoms with Crippen molar-refractivity contribution in [2.24, 2.45) is 11.5 Å². The van der Waals surface area contributed by atoms with Crippen LogP contribution in [0.2, 0.25) is 0 Å². The maximum Gasteiger partial charge on any atom is 0.321 e. The molecule has 6 nitrogen and oxygen atoms in total. The monoisotopic (exact) mass is 159 g/mol. The summed E-state index contributed by atoms with van der Waals surface area (Å²) in [5.41, 5.74) is 9.25. The molecule has 10 heavy (non-hydrogen) atoms. The summed E-state index contributed by atoms with van der Waals surface area (Å²) in [7, 11) is 0. The van der Waals surface area contributed by atoms with Crippen LogP contribution in [0.4, 0.5) is 0 Å². The minimum absolute atomic E-state index is 0. The Balaban J connectivity index is 0. The minimum Gasteiger partial charge on any atom is -0.480 e. The van der Waals surface area contributed by atoms with Crippen molar-refractivity contribution >= 4 is 11.9 Å². The number of hydrogen-bond acceptors (Lipinski definition) is 3. The lowest BCUT2D eigenvalue weighted by Crippen LogP contribution is -2.34. The van der Waals surface area contributed by atoms with Crippen LogP contribution in [0.25, 0.3) is 0 Å². The van der Waals surface area contributed by atoms with E-state index in [9.17, 15) is 9.59 Å². The Kier molecular flexibility index (Phi) is 2.65. The molecule has 0 aromatic carbocycles. The number of rotatable bonds is 3. The van der Waals surface area contributed by atoms with E-state index < -0.39 is 24.3 Å². The highest BCUT2D eigenvalue weighted by atomic mass is 16.5. The molecule has 60 valence electrons. The fourth-order valence-electron chi connectivity index (χ4n) is 0.186. The SMILES string of the molecule is O.[2H][13C]([2H])([13C]([15NH2])=O)[13C@]([2H])([15NH2])[13C](=O)O. The molecule has 1 atom stereocenters. The van der Waals surface area contributed by atoms with Crippen molar-refractivity contribution in [3.05, 3.63) is 0 Å². The lowest BCUT2D eigenvalue weighted by molar-refractivity contribution is -0.140. The molecule has 6 heteroatoms. The molecule has 0 aliphatic rings. The second kappa shape index (κ2) is 4.71. The van der Waals surface area contributed by atoms with Gasteiger partial charge in [-0.1, -0.05) is 0 Å². The van der Waals surface area contributed by atoms with E-state index in [1.54, 1.807) is 0 Å². The van der Waals surface area contributed by atoms with Gasteiger partial charge in [-0.05, 0) is 0 Å². The van der Waals surface area contributed by atoms with E-state index in [4.69, 9.17) is 15.0 Å². The van der Waals surface area contributed by atoms with Gasteiger partial charge < -0.3 is 22.1 Å². The standard InChI is InChI=1S/C4H8N2O3.H2O/c5-2(4(8)9)1-3(6)7;/h2H,1,5H2,(H2,6,7)(H,8,9);1H2/t2-;/m0./s1/i1+1D2,2+1D,3+1,4+1,5+1,6+1;. The smallest absolute Gasteiger partial charge is 0.321 e. The summed E-state index contributed by atoms with van der Waals surface area (Å²) in [4.78, 5) is 20.6. The van der Waals surface area contributed by atoms with E-state index in [2.05, 4.69) is 5.73 Å². The van der Waals surface area contributed by atoms with Crippen LogP contribution >= 0.6 is 0 Å². The van der Waals surface area contributed by atoms with E-state index in [1.807, 2.05) is 0 Å². The predicted octanol–water partition coefficient (Wildman–Crippen LogP) is -2.55. The molecule has 0 radical (unpaired) electrons. The lowest BCUT2D eigenvalue weighted by atomic mass is 11.2. The fraction of sp³-hybridized carbons (Fsp3) is 0.500. The summed E-state index contributed by atoms with van der Waals surface area (Å²) in [5, 5.41) is 8.27. The molecular weight excluding hydrogens is 146 g/mol. The van der Waals surface area contributed by atoms with Gasteiger partial charge in [0, 0.05) is 2.74 Å². The lowest BCUT2D eigenvalue weighted by Gasteiger charge is -1.99. The zero-order valence-electron chi connectivity index (χ0n) is 7.92. The first-order valence-electron chi connectivity index (χ1n) is 3.46. The van der Waals surface area contributed by atoms with Crippen LogP contribution < -0.4 is 11.5 Å². The summed E-state index contributed by atoms with van der Waals surface area (Å²) in [6.07, 6.45) is -3.10. The van der Waals surface area contributed by atoms with E-state index in [0.717, 1.165) is 0 Å². The molecule has 0 spiro atoms. The van der Waals surface area contributed by atoms with Crippen LogP contribution in [0.5, 0.6) is 0 Å². The normalized spacial score (nSPS) is 20.3. The fourth-order valence-corrected chi connectivity index (χ4v) is 0.186. The average Bonchev–Trinajstić information content (AvgIpc) is 1.86. The van der Waals surface area contributed by atoms with Crippen molar-refractivity contribution in [2.45, 2.75) is 12.4 Å². The van der Waals surface area contributed by atoms with E-state index in [0.29, 0.717) is 0 Å². The number of hydrogen-bond donors (Lipinski definition) is 3. The Hall–Kier alpha value is -1.14. The first-order valence-corrected chi connectivity index (χ1v) is 1.96. The molecule has 0 aromatic rings. The summed E-state index contributed by atoms with van der Waals surface area (Å²) in [5.74, 6) is -3.53. The number of primary amides is 1. The number of amides is 1. The second-order valence-electron chi connectivity index (χ2n) is 1.21. The molecule has 0 aliphatic carbocycles. The molecule has 0 aromatic heterocycles. The molecular formula is C4H10N2O4. The summed E-state index contributed by atoms with van der Waals surface area (Å²) in [6.45, 7) is 0. The Bertz CT molecular complexity index is 205. The first kappa shape index (κ1) is 5.63. The minimum atomic E-state index is -3.10. The molecule has 0 bridgehead atoms. The topological polar surface area (TPSA) is 138 Å². The highest BCUT2D eigenvalue weighted by Crippen LogP contribution is 1.84. The van der Waals surface area contributed by atoms with E-state index in [-0.39, 0.29) is 5.48 Å². The third-order valence-corrected chi connectivity index (χ3v) is 0.488. The molecule has 0 saturated heterocycles. The summed E-state index contributed by atoms with van der Waals surface area (Å²) < 4.78 is 20.4. The molecule has 7 N–H and O–H groups in total. The third-order valence-electron chi connectivity index (χ3n) is 0.488. The highest BCUT2D eigenvalue weighted by molar-refractivity contribution is 5.82. The van der Waals surface area contributed by atoms with Gasteiger partial charge in [0.15, 0.2) is 0 Å². The molecule has 0 rings (SSSR count). The predicted molar refractivity (Wildman–Crippen MR) is 33.0 cm³/mol. The quantitative estimate of drug-likeness (QED) is 0.308. The van der Waals surface area contributed by atoms with Crippen molar-refractivity contribution in [3.63, 3.8) is 0 Å². The average molecular weight is 159 g/mol. The van der Waals surface area contributed by atoms with Crippen molar-refractivity contribution in [1.82, 2.24) is 0 Å². The van der Waals surface area contributed by atoms with Gasteiger partial charge in [0.1, 0.15) is 6.02 Å². The molecule has 0 saturated carbocycles. The van der Waals surface area contributed by atoms with Crippen molar-refractivity contribution < 1.29 is 24.3 Å². The number of aliphatic carboxylic acids is 1. The van der Waals surface area contributed by atoms with Crippen molar-refractivity contribution in [2.75, 3.05) is 0 Å². The van der Waals surface area contributed by atoms with E-state index in [1.165, 1.54) is 0 Å².